The number of nitrogens with zero attached hydrogens (tertiary/aromatic N) is 3. The maximum atomic E-state index is 12.6. The molecule has 2 aromatic rings. The molecule has 2 unspecified atom stereocenters. The van der Waals surface area contributed by atoms with Crippen LogP contribution in [0.15, 0.2) is 54.6 Å². The van der Waals surface area contributed by atoms with Gasteiger partial charge in [-0.2, -0.15) is 5.26 Å². The molecule has 168 valence electrons. The number of carbonyl (C=O) groups is 1. The molecule has 2 atom stereocenters. The summed E-state index contributed by atoms with van der Waals surface area (Å²) < 4.78 is 0. The van der Waals surface area contributed by atoms with Crippen molar-refractivity contribution < 1.29 is 4.79 Å². The minimum Gasteiger partial charge on any atom is -0.342 e. The highest BCUT2D eigenvalue weighted by Crippen LogP contribution is 2.42. The largest absolute Gasteiger partial charge is 0.342 e. The van der Waals surface area contributed by atoms with Gasteiger partial charge in [-0.1, -0.05) is 42.5 Å². The molecule has 0 bridgehead atoms. The van der Waals surface area contributed by atoms with Crippen LogP contribution in [0.5, 0.6) is 0 Å². The molecule has 2 aliphatic rings. The number of nitriles is 1. The molecule has 2 aromatic carbocycles. The van der Waals surface area contributed by atoms with E-state index in [1.807, 2.05) is 42.1 Å². The summed E-state index contributed by atoms with van der Waals surface area (Å²) in [6.07, 6.45) is 4.10. The first-order valence-electron chi connectivity index (χ1n) is 11.7. The van der Waals surface area contributed by atoms with Crippen molar-refractivity contribution in [3.63, 3.8) is 0 Å². The van der Waals surface area contributed by atoms with Gasteiger partial charge in [0.1, 0.15) is 0 Å². The highest BCUT2D eigenvalue weighted by molar-refractivity contribution is 5.78. The predicted molar refractivity (Wildman–Crippen MR) is 127 cm³/mol. The zero-order chi connectivity index (χ0) is 22.6. The van der Waals surface area contributed by atoms with Crippen molar-refractivity contribution in [2.24, 2.45) is 5.41 Å². The Kier molecular flexibility index (Phi) is 6.93. The molecular weight excluding hydrogens is 396 g/mol. The second kappa shape index (κ2) is 9.85. The minimum absolute atomic E-state index is 0.104. The fourth-order valence-electron chi connectivity index (χ4n) is 5.04. The Labute approximate surface area is 192 Å². The first kappa shape index (κ1) is 22.5. The van der Waals surface area contributed by atoms with Crippen molar-refractivity contribution in [1.82, 2.24) is 15.1 Å². The molecule has 0 spiro atoms. The normalized spacial score (nSPS) is 21.9. The molecule has 5 nitrogen and oxygen atoms in total. The monoisotopic (exact) mass is 430 g/mol. The van der Waals surface area contributed by atoms with Gasteiger partial charge in [0, 0.05) is 31.6 Å². The van der Waals surface area contributed by atoms with E-state index in [4.69, 9.17) is 0 Å². The second-order valence-electron chi connectivity index (χ2n) is 9.85. The van der Waals surface area contributed by atoms with Crippen LogP contribution in [0.3, 0.4) is 0 Å². The SMILES string of the molecule is CN(C)CC(=O)N1CCC(CNC2CC2c2ccccc2)(Cc2cccc(C#N)c2)CC1. The number of benzene rings is 2. The first-order chi connectivity index (χ1) is 15.5. The summed E-state index contributed by atoms with van der Waals surface area (Å²) >= 11 is 0. The van der Waals surface area contributed by atoms with Gasteiger partial charge >= 0.3 is 0 Å². The zero-order valence-electron chi connectivity index (χ0n) is 19.3. The van der Waals surface area contributed by atoms with Crippen molar-refractivity contribution in [2.45, 2.75) is 37.6 Å². The van der Waals surface area contributed by atoms with Gasteiger partial charge in [-0.25, -0.2) is 0 Å². The smallest absolute Gasteiger partial charge is 0.236 e. The van der Waals surface area contributed by atoms with Crippen LogP contribution in [0, 0.1) is 16.7 Å². The van der Waals surface area contributed by atoms with E-state index in [0.29, 0.717) is 18.5 Å². The number of amides is 1. The number of carbonyl (C=O) groups excluding carboxylic acids is 1. The maximum absolute atomic E-state index is 12.6. The lowest BCUT2D eigenvalue weighted by molar-refractivity contribution is -0.134. The lowest BCUT2D eigenvalue weighted by Gasteiger charge is -2.42. The van der Waals surface area contributed by atoms with Crippen molar-refractivity contribution in [2.75, 3.05) is 40.3 Å². The summed E-state index contributed by atoms with van der Waals surface area (Å²) in [4.78, 5) is 16.5. The summed E-state index contributed by atoms with van der Waals surface area (Å²) in [5, 5.41) is 13.2. The Hall–Kier alpha value is -2.68. The van der Waals surface area contributed by atoms with E-state index in [-0.39, 0.29) is 11.3 Å². The van der Waals surface area contributed by atoms with E-state index in [1.165, 1.54) is 17.5 Å². The molecule has 2 fully saturated rings. The molecule has 1 amide bonds. The Balaban J connectivity index is 1.43. The minimum atomic E-state index is 0.104. The van der Waals surface area contributed by atoms with Crippen LogP contribution in [-0.2, 0) is 11.2 Å². The number of hydrogen-bond acceptors (Lipinski definition) is 4. The fraction of sp³-hybridized carbons (Fsp3) is 0.481. The molecule has 1 saturated carbocycles. The van der Waals surface area contributed by atoms with Gasteiger partial charge in [-0.05, 0) is 68.5 Å². The number of likely N-dealkylation sites (tertiary alicyclic amines) is 1. The van der Waals surface area contributed by atoms with E-state index in [0.717, 1.165) is 44.5 Å². The average molecular weight is 431 g/mol. The predicted octanol–water partition coefficient (Wildman–Crippen LogP) is 3.42. The number of rotatable bonds is 8. The summed E-state index contributed by atoms with van der Waals surface area (Å²) in [5.41, 5.74) is 3.46. The molecule has 1 aliphatic heterocycles. The Morgan fingerprint density at radius 2 is 1.91 bits per heavy atom. The van der Waals surface area contributed by atoms with Crippen LogP contribution >= 0.6 is 0 Å². The third-order valence-electron chi connectivity index (χ3n) is 7.02. The lowest BCUT2D eigenvalue weighted by Crippen LogP contribution is -2.50. The van der Waals surface area contributed by atoms with Gasteiger partial charge in [0.05, 0.1) is 18.2 Å². The third kappa shape index (κ3) is 5.56. The van der Waals surface area contributed by atoms with Crippen molar-refractivity contribution in [3.8, 4) is 6.07 Å². The fourth-order valence-corrected chi connectivity index (χ4v) is 5.04. The van der Waals surface area contributed by atoms with Crippen LogP contribution in [0.25, 0.3) is 0 Å². The Bertz CT molecular complexity index is 957. The van der Waals surface area contributed by atoms with E-state index in [9.17, 15) is 10.1 Å². The Morgan fingerprint density at radius 3 is 2.59 bits per heavy atom. The van der Waals surface area contributed by atoms with Crippen molar-refractivity contribution in [3.05, 3.63) is 71.3 Å². The quantitative estimate of drug-likeness (QED) is 0.697. The van der Waals surface area contributed by atoms with Gasteiger partial charge in [0.2, 0.25) is 5.91 Å². The molecule has 1 N–H and O–H groups in total. The van der Waals surface area contributed by atoms with Gasteiger partial charge in [-0.15, -0.1) is 0 Å². The van der Waals surface area contributed by atoms with E-state index < -0.39 is 0 Å². The number of nitrogens with one attached hydrogen (secondary N) is 1. The standard InChI is InChI=1S/C27H34N4O/c1-30(2)19-26(32)31-13-11-27(12-14-31,17-21-7-6-8-22(15-21)18-28)20-29-25-16-24(25)23-9-4-3-5-10-23/h3-10,15,24-25,29H,11-14,16-17,19-20H2,1-2H3. The third-order valence-corrected chi connectivity index (χ3v) is 7.02. The molecule has 0 aromatic heterocycles. The summed E-state index contributed by atoms with van der Waals surface area (Å²) in [6, 6.07) is 21.6. The van der Waals surface area contributed by atoms with Crippen molar-refractivity contribution in [1.29, 1.82) is 5.26 Å². The number of hydrogen-bond donors (Lipinski definition) is 1. The van der Waals surface area contributed by atoms with Crippen LogP contribution in [0.4, 0.5) is 0 Å². The van der Waals surface area contributed by atoms with Gasteiger partial charge in [0.15, 0.2) is 0 Å². The van der Waals surface area contributed by atoms with Gasteiger partial charge in [0.25, 0.3) is 0 Å². The number of piperidine rings is 1. The molecule has 1 heterocycles. The Morgan fingerprint density at radius 1 is 1.16 bits per heavy atom. The van der Waals surface area contributed by atoms with E-state index >= 15 is 0 Å². The van der Waals surface area contributed by atoms with Crippen LogP contribution in [0.2, 0.25) is 0 Å². The lowest BCUT2D eigenvalue weighted by atomic mass is 9.73. The molecule has 1 aliphatic carbocycles. The molecule has 4 rings (SSSR count). The topological polar surface area (TPSA) is 59.4 Å². The molecule has 1 saturated heterocycles. The highest BCUT2D eigenvalue weighted by atomic mass is 16.2. The highest BCUT2D eigenvalue weighted by Gasteiger charge is 2.41. The van der Waals surface area contributed by atoms with Crippen molar-refractivity contribution >= 4 is 5.91 Å². The van der Waals surface area contributed by atoms with Gasteiger partial charge < -0.3 is 15.1 Å². The summed E-state index contributed by atoms with van der Waals surface area (Å²) in [6.45, 7) is 3.03. The average Bonchev–Trinajstić information content (AvgIpc) is 3.58. The second-order valence-corrected chi connectivity index (χ2v) is 9.85. The summed E-state index contributed by atoms with van der Waals surface area (Å²) in [5.74, 6) is 0.825. The zero-order valence-corrected chi connectivity index (χ0v) is 19.3. The molecule has 5 heteroatoms. The first-order valence-corrected chi connectivity index (χ1v) is 11.7. The maximum Gasteiger partial charge on any atom is 0.236 e. The van der Waals surface area contributed by atoms with Gasteiger partial charge in [-0.3, -0.25) is 4.79 Å². The molecular formula is C27H34N4O. The van der Waals surface area contributed by atoms with E-state index in [2.05, 4.69) is 47.8 Å². The molecule has 0 radical (unpaired) electrons. The summed E-state index contributed by atoms with van der Waals surface area (Å²) in [7, 11) is 3.88. The van der Waals surface area contributed by atoms with Crippen LogP contribution in [0.1, 0.15) is 41.9 Å². The van der Waals surface area contributed by atoms with Crippen LogP contribution in [-0.4, -0.2) is 62.0 Å². The van der Waals surface area contributed by atoms with E-state index in [1.54, 1.807) is 0 Å². The molecule has 32 heavy (non-hydrogen) atoms. The van der Waals surface area contributed by atoms with Crippen LogP contribution < -0.4 is 5.32 Å². The number of likely N-dealkylation sites (N-methyl/N-ethyl adjacent to an activating group) is 1.